The largest absolute Gasteiger partial charge is 0.0685 e. The van der Waals surface area contributed by atoms with E-state index in [9.17, 15) is 0 Å². The topological polar surface area (TPSA) is 0 Å². The molecule has 1 radical (unpaired) electrons. The summed E-state index contributed by atoms with van der Waals surface area (Å²) in [5, 5.41) is 0. The smallest absolute Gasteiger partial charge is 0.00301 e. The van der Waals surface area contributed by atoms with Gasteiger partial charge in [-0.3, -0.25) is 0 Å². The van der Waals surface area contributed by atoms with Gasteiger partial charge in [-0.2, -0.15) is 0 Å². The fourth-order valence-electron chi connectivity index (χ4n) is 5.80. The van der Waals surface area contributed by atoms with E-state index < -0.39 is 0 Å². The first kappa shape index (κ1) is 12.0. The van der Waals surface area contributed by atoms with E-state index >= 15 is 0 Å². The Labute approximate surface area is 117 Å². The first-order valence-electron chi connectivity index (χ1n) is 8.06. The Morgan fingerprint density at radius 2 is 1.58 bits per heavy atom. The molecular formula is C19H25. The fourth-order valence-corrected chi connectivity index (χ4v) is 5.80. The van der Waals surface area contributed by atoms with Gasteiger partial charge >= 0.3 is 0 Å². The second-order valence-corrected chi connectivity index (χ2v) is 7.94. The minimum Gasteiger partial charge on any atom is -0.0685 e. The van der Waals surface area contributed by atoms with Crippen LogP contribution in [0.15, 0.2) is 28.4 Å². The zero-order valence-electron chi connectivity index (χ0n) is 12.6. The normalized spacial score (nSPS) is 43.5. The predicted molar refractivity (Wildman–Crippen MR) is 79.5 cm³/mol. The van der Waals surface area contributed by atoms with Crippen LogP contribution in [0.25, 0.3) is 0 Å². The van der Waals surface area contributed by atoms with Crippen LogP contribution in [0.1, 0.15) is 59.3 Å². The summed E-state index contributed by atoms with van der Waals surface area (Å²) < 4.78 is 0. The molecule has 0 aromatic rings. The van der Waals surface area contributed by atoms with Crippen molar-refractivity contribution in [3.63, 3.8) is 0 Å². The van der Waals surface area contributed by atoms with Gasteiger partial charge in [0.1, 0.15) is 0 Å². The SMILES string of the molecule is CC1=CC(=C(C)C)[C]=C1C12CC3CC(CC(C3)C1)C2. The van der Waals surface area contributed by atoms with Gasteiger partial charge in [-0.05, 0) is 105 Å². The highest BCUT2D eigenvalue weighted by molar-refractivity contribution is 5.52. The molecule has 101 valence electrons. The summed E-state index contributed by atoms with van der Waals surface area (Å²) >= 11 is 0. The zero-order valence-corrected chi connectivity index (χ0v) is 12.6. The Hall–Kier alpha value is -0.780. The third-order valence-corrected chi connectivity index (χ3v) is 6.12. The van der Waals surface area contributed by atoms with E-state index in [2.05, 4.69) is 32.9 Å². The summed E-state index contributed by atoms with van der Waals surface area (Å²) in [6.45, 7) is 6.75. The van der Waals surface area contributed by atoms with E-state index in [1.807, 2.05) is 0 Å². The lowest BCUT2D eigenvalue weighted by Gasteiger charge is -2.57. The maximum Gasteiger partial charge on any atom is -0.00301 e. The molecule has 5 aliphatic rings. The van der Waals surface area contributed by atoms with Gasteiger partial charge in [-0.25, -0.2) is 0 Å². The molecule has 0 saturated heterocycles. The van der Waals surface area contributed by atoms with E-state index in [4.69, 9.17) is 0 Å². The van der Waals surface area contributed by atoms with Crippen molar-refractivity contribution < 1.29 is 0 Å². The Morgan fingerprint density at radius 3 is 2.00 bits per heavy atom. The molecule has 0 nitrogen and oxygen atoms in total. The summed E-state index contributed by atoms with van der Waals surface area (Å²) in [7, 11) is 0. The Morgan fingerprint density at radius 1 is 1.05 bits per heavy atom. The lowest BCUT2D eigenvalue weighted by atomic mass is 9.47. The molecule has 0 heterocycles. The number of rotatable bonds is 1. The molecule has 0 N–H and O–H groups in total. The first-order valence-corrected chi connectivity index (χ1v) is 8.06. The molecule has 19 heavy (non-hydrogen) atoms. The van der Waals surface area contributed by atoms with Crippen LogP contribution in [0, 0.1) is 29.2 Å². The van der Waals surface area contributed by atoms with E-state index in [0.717, 1.165) is 17.8 Å². The van der Waals surface area contributed by atoms with Crippen molar-refractivity contribution in [3.05, 3.63) is 34.4 Å². The van der Waals surface area contributed by atoms with Crippen LogP contribution in [0.4, 0.5) is 0 Å². The van der Waals surface area contributed by atoms with Crippen molar-refractivity contribution >= 4 is 0 Å². The molecule has 0 amide bonds. The summed E-state index contributed by atoms with van der Waals surface area (Å²) in [5.74, 6) is 3.09. The molecule has 0 aromatic heterocycles. The molecule has 0 spiro atoms. The summed E-state index contributed by atoms with van der Waals surface area (Å²) in [6.07, 6.45) is 15.2. The lowest BCUT2D eigenvalue weighted by molar-refractivity contribution is -0.0293. The van der Waals surface area contributed by atoms with Gasteiger partial charge in [0.25, 0.3) is 0 Å². The van der Waals surface area contributed by atoms with Crippen LogP contribution in [0.3, 0.4) is 0 Å². The van der Waals surface area contributed by atoms with Crippen molar-refractivity contribution in [2.75, 3.05) is 0 Å². The molecule has 0 heteroatoms. The second-order valence-electron chi connectivity index (χ2n) is 7.94. The monoisotopic (exact) mass is 253 g/mol. The van der Waals surface area contributed by atoms with E-state index in [-0.39, 0.29) is 0 Å². The molecule has 5 rings (SSSR count). The molecule has 0 atom stereocenters. The average Bonchev–Trinajstić information content (AvgIpc) is 2.70. The molecule has 4 bridgehead atoms. The molecule has 4 fully saturated rings. The molecule has 5 aliphatic carbocycles. The highest BCUT2D eigenvalue weighted by atomic mass is 14.6. The average molecular weight is 253 g/mol. The number of hydrogen-bond donors (Lipinski definition) is 0. The van der Waals surface area contributed by atoms with Crippen molar-refractivity contribution in [3.8, 4) is 0 Å². The lowest BCUT2D eigenvalue weighted by Crippen LogP contribution is -2.47. The van der Waals surface area contributed by atoms with Gasteiger partial charge < -0.3 is 0 Å². The van der Waals surface area contributed by atoms with Crippen LogP contribution >= 0.6 is 0 Å². The molecule has 0 aromatic carbocycles. The van der Waals surface area contributed by atoms with Crippen LogP contribution < -0.4 is 0 Å². The van der Waals surface area contributed by atoms with Crippen LogP contribution in [0.2, 0.25) is 0 Å². The van der Waals surface area contributed by atoms with Crippen molar-refractivity contribution in [2.45, 2.75) is 59.3 Å². The summed E-state index contributed by atoms with van der Waals surface area (Å²) in [5.41, 5.74) is 6.41. The second kappa shape index (κ2) is 3.87. The van der Waals surface area contributed by atoms with Gasteiger partial charge in [0, 0.05) is 0 Å². The summed E-state index contributed by atoms with van der Waals surface area (Å²) in [4.78, 5) is 0. The molecule has 0 aliphatic heterocycles. The zero-order chi connectivity index (χ0) is 13.2. The Kier molecular flexibility index (Phi) is 2.44. The van der Waals surface area contributed by atoms with Crippen molar-refractivity contribution in [1.29, 1.82) is 0 Å². The maximum absolute atomic E-state index is 3.80. The highest BCUT2D eigenvalue weighted by Crippen LogP contribution is 2.64. The van der Waals surface area contributed by atoms with Crippen LogP contribution in [-0.4, -0.2) is 0 Å². The quantitative estimate of drug-likeness (QED) is 0.600. The van der Waals surface area contributed by atoms with Crippen molar-refractivity contribution in [2.24, 2.45) is 23.2 Å². The van der Waals surface area contributed by atoms with Crippen LogP contribution in [-0.2, 0) is 0 Å². The van der Waals surface area contributed by atoms with E-state index in [1.165, 1.54) is 55.2 Å². The third kappa shape index (κ3) is 1.72. The van der Waals surface area contributed by atoms with Gasteiger partial charge in [-0.15, -0.1) is 0 Å². The highest BCUT2D eigenvalue weighted by Gasteiger charge is 2.53. The Balaban J connectivity index is 1.75. The van der Waals surface area contributed by atoms with Gasteiger partial charge in [0.15, 0.2) is 0 Å². The fraction of sp³-hybridized carbons (Fsp3) is 0.684. The van der Waals surface area contributed by atoms with E-state index in [1.54, 1.807) is 5.57 Å². The minimum atomic E-state index is 0.520. The van der Waals surface area contributed by atoms with Gasteiger partial charge in [0.05, 0.1) is 0 Å². The third-order valence-electron chi connectivity index (χ3n) is 6.12. The van der Waals surface area contributed by atoms with Crippen LogP contribution in [0.5, 0.6) is 0 Å². The standard InChI is InChI=1S/C19H25/c1-12(2)17-4-13(3)18(8-17)19-9-14-5-15(10-19)7-16(6-14)11-19/h4,14-16H,5-7,9-11H2,1-3H3. The summed E-state index contributed by atoms with van der Waals surface area (Å²) in [6, 6.07) is 0. The maximum atomic E-state index is 3.80. The van der Waals surface area contributed by atoms with E-state index in [0.29, 0.717) is 5.41 Å². The van der Waals surface area contributed by atoms with Gasteiger partial charge in [-0.1, -0.05) is 11.6 Å². The number of allylic oxidation sites excluding steroid dienone is 6. The minimum absolute atomic E-state index is 0.520. The van der Waals surface area contributed by atoms with Gasteiger partial charge in [0.2, 0.25) is 0 Å². The molecular weight excluding hydrogens is 228 g/mol. The Bertz CT molecular complexity index is 473. The number of hydrogen-bond acceptors (Lipinski definition) is 0. The molecule has 4 saturated carbocycles. The first-order chi connectivity index (χ1) is 9.06. The van der Waals surface area contributed by atoms with Crippen molar-refractivity contribution in [1.82, 2.24) is 0 Å². The molecule has 0 unspecified atom stereocenters. The predicted octanol–water partition coefficient (Wildman–Crippen LogP) is 5.23.